The van der Waals surface area contributed by atoms with E-state index in [0.717, 1.165) is 24.9 Å². The third-order valence-corrected chi connectivity index (χ3v) is 11.6. The van der Waals surface area contributed by atoms with Crippen LogP contribution in [0.25, 0.3) is 0 Å². The first-order valence-electron chi connectivity index (χ1n) is 14.1. The number of benzene rings is 4. The third-order valence-electron chi connectivity index (χ3n) is 7.20. The maximum Gasteiger partial charge on any atom is 0.119 e. The minimum atomic E-state index is -1.88. The van der Waals surface area contributed by atoms with E-state index >= 15 is 0 Å². The van der Waals surface area contributed by atoms with Crippen LogP contribution in [0.2, 0.25) is 0 Å². The highest BCUT2D eigenvalue weighted by Gasteiger charge is 2.45. The van der Waals surface area contributed by atoms with Crippen molar-refractivity contribution in [3.8, 4) is 5.75 Å². The van der Waals surface area contributed by atoms with Gasteiger partial charge in [0.15, 0.2) is 0 Å². The first-order chi connectivity index (χ1) is 18.3. The summed E-state index contributed by atoms with van der Waals surface area (Å²) in [5.74, 6) is 0.981. The van der Waals surface area contributed by atoms with E-state index in [-0.39, 0.29) is 0 Å². The van der Waals surface area contributed by atoms with E-state index in [1.165, 1.54) is 66.4 Å². The van der Waals surface area contributed by atoms with Gasteiger partial charge in [-0.1, -0.05) is 119 Å². The summed E-state index contributed by atoms with van der Waals surface area (Å²) in [5.41, 5.74) is 1.35. The molecule has 4 aromatic rings. The molecule has 0 heterocycles. The first-order valence-corrected chi connectivity index (χ1v) is 16.1. The van der Waals surface area contributed by atoms with Crippen molar-refractivity contribution in [3.05, 3.63) is 121 Å². The van der Waals surface area contributed by atoms with Gasteiger partial charge in [0.1, 0.15) is 28.9 Å². The van der Waals surface area contributed by atoms with Gasteiger partial charge < -0.3 is 4.74 Å². The fourth-order valence-electron chi connectivity index (χ4n) is 5.16. The van der Waals surface area contributed by atoms with Crippen LogP contribution in [0.4, 0.5) is 0 Å². The van der Waals surface area contributed by atoms with Gasteiger partial charge in [0, 0.05) is 0 Å². The molecule has 2 heteroatoms. The SMILES string of the molecule is CCCCCCCCCCOc1ccc(C[P+](c2ccccc2)(c2ccccc2)c2ccccc2)cc1. The minimum Gasteiger partial charge on any atom is -0.494 e. The molecular weight excluding hydrogens is 467 g/mol. The largest absolute Gasteiger partial charge is 0.494 e. The maximum absolute atomic E-state index is 6.10. The highest BCUT2D eigenvalue weighted by atomic mass is 31.2. The molecule has 192 valence electrons. The zero-order valence-electron chi connectivity index (χ0n) is 22.4. The molecule has 0 fully saturated rings. The monoisotopic (exact) mass is 509 g/mol. The number of hydrogen-bond donors (Lipinski definition) is 0. The molecule has 0 saturated heterocycles. The summed E-state index contributed by atoms with van der Waals surface area (Å²) >= 11 is 0. The molecule has 0 spiro atoms. The van der Waals surface area contributed by atoms with E-state index in [1.807, 2.05) is 0 Å². The zero-order valence-corrected chi connectivity index (χ0v) is 23.3. The summed E-state index contributed by atoms with van der Waals surface area (Å²) in [6.45, 7) is 3.08. The second-order valence-electron chi connectivity index (χ2n) is 9.94. The molecule has 37 heavy (non-hydrogen) atoms. The summed E-state index contributed by atoms with van der Waals surface area (Å²) in [6.07, 6.45) is 11.6. The van der Waals surface area contributed by atoms with E-state index in [1.54, 1.807) is 0 Å². The minimum absolute atomic E-state index is 0.809. The number of hydrogen-bond acceptors (Lipinski definition) is 1. The molecule has 0 N–H and O–H groups in total. The Balaban J connectivity index is 1.47. The first kappa shape index (κ1) is 27.2. The lowest BCUT2D eigenvalue weighted by Crippen LogP contribution is -2.32. The Morgan fingerprint density at radius 1 is 0.486 bits per heavy atom. The van der Waals surface area contributed by atoms with E-state index in [9.17, 15) is 0 Å². The van der Waals surface area contributed by atoms with Crippen molar-refractivity contribution in [1.29, 1.82) is 0 Å². The average molecular weight is 510 g/mol. The Hall–Kier alpha value is -2.89. The van der Waals surface area contributed by atoms with Gasteiger partial charge in [-0.15, -0.1) is 0 Å². The summed E-state index contributed by atoms with van der Waals surface area (Å²) in [4.78, 5) is 0. The summed E-state index contributed by atoms with van der Waals surface area (Å²) in [5, 5.41) is 4.26. The Bertz CT molecular complexity index is 1040. The molecule has 1 nitrogen and oxygen atoms in total. The molecule has 0 saturated carbocycles. The number of ether oxygens (including phenoxy) is 1. The fourth-order valence-corrected chi connectivity index (χ4v) is 9.40. The number of unbranched alkanes of at least 4 members (excludes halogenated alkanes) is 7. The molecule has 0 aliphatic rings. The topological polar surface area (TPSA) is 9.23 Å². The highest BCUT2D eigenvalue weighted by Crippen LogP contribution is 2.58. The average Bonchev–Trinajstić information content (AvgIpc) is 2.97. The fraction of sp³-hybridized carbons (Fsp3) is 0.314. The lowest BCUT2D eigenvalue weighted by molar-refractivity contribution is 0.304. The lowest BCUT2D eigenvalue weighted by atomic mass is 10.1. The van der Waals surface area contributed by atoms with E-state index in [4.69, 9.17) is 4.74 Å². The van der Waals surface area contributed by atoms with Crippen LogP contribution in [-0.4, -0.2) is 6.61 Å². The molecule has 4 aromatic carbocycles. The lowest BCUT2D eigenvalue weighted by Gasteiger charge is -2.28. The maximum atomic E-state index is 6.10. The van der Waals surface area contributed by atoms with Gasteiger partial charge in [-0.05, 0) is 60.5 Å². The molecule has 0 aliphatic carbocycles. The van der Waals surface area contributed by atoms with Crippen molar-refractivity contribution < 1.29 is 4.74 Å². The highest BCUT2D eigenvalue weighted by molar-refractivity contribution is 7.95. The summed E-state index contributed by atoms with van der Waals surface area (Å²) < 4.78 is 6.10. The Morgan fingerprint density at radius 3 is 1.38 bits per heavy atom. The van der Waals surface area contributed by atoms with Crippen molar-refractivity contribution in [2.24, 2.45) is 0 Å². The summed E-state index contributed by atoms with van der Waals surface area (Å²) in [6, 6.07) is 42.2. The summed E-state index contributed by atoms with van der Waals surface area (Å²) in [7, 11) is -1.88. The smallest absolute Gasteiger partial charge is 0.119 e. The molecular formula is C35H42OP+. The van der Waals surface area contributed by atoms with Crippen LogP contribution in [0, 0.1) is 0 Å². The predicted octanol–water partition coefficient (Wildman–Crippen LogP) is 8.70. The molecule has 0 bridgehead atoms. The van der Waals surface area contributed by atoms with Crippen molar-refractivity contribution in [3.63, 3.8) is 0 Å². The van der Waals surface area contributed by atoms with Gasteiger partial charge in [-0.2, -0.15) is 0 Å². The standard InChI is InChI=1S/C35H42OP/c1-2-3-4-5-6-7-8-18-29-36-32-27-25-31(26-28-32)30-37(33-19-12-9-13-20-33,34-21-14-10-15-22-34)35-23-16-11-17-24-35/h9-17,19-28H,2-8,18,29-30H2,1H3/q+1. The molecule has 4 rings (SSSR count). The molecule has 0 radical (unpaired) electrons. The Morgan fingerprint density at radius 2 is 0.919 bits per heavy atom. The van der Waals surface area contributed by atoms with Crippen molar-refractivity contribution in [2.75, 3.05) is 6.61 Å². The van der Waals surface area contributed by atoms with Gasteiger partial charge in [0.2, 0.25) is 0 Å². The number of rotatable bonds is 15. The van der Waals surface area contributed by atoms with Crippen LogP contribution in [0.5, 0.6) is 5.75 Å². The van der Waals surface area contributed by atoms with Gasteiger partial charge in [-0.3, -0.25) is 0 Å². The molecule has 0 atom stereocenters. The van der Waals surface area contributed by atoms with Crippen LogP contribution in [0.15, 0.2) is 115 Å². The van der Waals surface area contributed by atoms with Gasteiger partial charge >= 0.3 is 0 Å². The Kier molecular flexibility index (Phi) is 10.8. The van der Waals surface area contributed by atoms with Crippen LogP contribution in [-0.2, 0) is 6.16 Å². The van der Waals surface area contributed by atoms with Crippen molar-refractivity contribution in [1.82, 2.24) is 0 Å². The Labute approximate surface area is 225 Å². The third kappa shape index (κ3) is 7.56. The van der Waals surface area contributed by atoms with E-state index in [2.05, 4.69) is 122 Å². The molecule has 0 aromatic heterocycles. The van der Waals surface area contributed by atoms with Gasteiger partial charge in [0.05, 0.1) is 12.8 Å². The predicted molar refractivity (Wildman–Crippen MR) is 163 cm³/mol. The van der Waals surface area contributed by atoms with Crippen LogP contribution in [0.1, 0.15) is 63.9 Å². The molecule has 0 aliphatic heterocycles. The molecule has 0 amide bonds. The second kappa shape index (κ2) is 14.7. The van der Waals surface area contributed by atoms with Crippen molar-refractivity contribution >= 4 is 23.2 Å². The van der Waals surface area contributed by atoms with Gasteiger partial charge in [0.25, 0.3) is 0 Å². The van der Waals surface area contributed by atoms with Crippen LogP contribution in [0.3, 0.4) is 0 Å². The van der Waals surface area contributed by atoms with Crippen molar-refractivity contribution in [2.45, 2.75) is 64.5 Å². The van der Waals surface area contributed by atoms with E-state index in [0.29, 0.717) is 0 Å². The van der Waals surface area contributed by atoms with Crippen LogP contribution >= 0.6 is 7.26 Å². The second-order valence-corrected chi connectivity index (χ2v) is 13.4. The normalized spacial score (nSPS) is 11.4. The zero-order chi connectivity index (χ0) is 25.6. The molecule has 0 unspecified atom stereocenters. The quantitative estimate of drug-likeness (QED) is 0.115. The van der Waals surface area contributed by atoms with Gasteiger partial charge in [-0.25, -0.2) is 0 Å². The van der Waals surface area contributed by atoms with E-state index < -0.39 is 7.26 Å². The van der Waals surface area contributed by atoms with Crippen LogP contribution < -0.4 is 20.7 Å².